The molecule has 0 radical (unpaired) electrons. The molecule has 1 N–H and O–H groups in total. The highest BCUT2D eigenvalue weighted by Gasteiger charge is 2.31. The Bertz CT molecular complexity index is 936. The van der Waals surface area contributed by atoms with E-state index in [1.54, 1.807) is 28.9 Å². The highest BCUT2D eigenvalue weighted by atomic mass is 35.5. The summed E-state index contributed by atoms with van der Waals surface area (Å²) in [6, 6.07) is 3.83. The summed E-state index contributed by atoms with van der Waals surface area (Å²) in [5.41, 5.74) is 0.664. The number of alkyl halides is 3. The molecule has 0 bridgehead atoms. The zero-order valence-electron chi connectivity index (χ0n) is 12.2. The monoisotopic (exact) mass is 354 g/mol. The summed E-state index contributed by atoms with van der Waals surface area (Å²) in [7, 11) is 0. The largest absolute Gasteiger partial charge is 0.417 e. The Morgan fingerprint density at radius 1 is 1.33 bits per heavy atom. The summed E-state index contributed by atoms with van der Waals surface area (Å²) in [6.07, 6.45) is -0.483. The number of nitrogens with one attached hydrogen (secondary N) is 1. The molecule has 0 atom stereocenters. The van der Waals surface area contributed by atoms with Gasteiger partial charge in [0.15, 0.2) is 5.82 Å². The van der Waals surface area contributed by atoms with Crippen molar-refractivity contribution in [1.82, 2.24) is 14.4 Å². The lowest BCUT2D eigenvalue weighted by Crippen LogP contribution is -2.14. The first-order valence-corrected chi connectivity index (χ1v) is 7.11. The number of fused-ring (bicyclic) bond motifs is 1. The summed E-state index contributed by atoms with van der Waals surface area (Å²) in [4.78, 5) is 20.0. The van der Waals surface area contributed by atoms with E-state index in [4.69, 9.17) is 11.6 Å². The molecule has 3 heterocycles. The number of amides is 1. The summed E-state index contributed by atoms with van der Waals surface area (Å²) < 4.78 is 39.5. The number of carbonyl (C=O) groups is 1. The lowest BCUT2D eigenvalue weighted by Gasteiger charge is -2.10. The Hall–Kier alpha value is -2.61. The maximum Gasteiger partial charge on any atom is 0.417 e. The second kappa shape index (κ2) is 5.79. The molecule has 124 valence electrons. The molecule has 3 aromatic heterocycles. The van der Waals surface area contributed by atoms with Gasteiger partial charge in [0.05, 0.1) is 16.3 Å². The highest BCUT2D eigenvalue weighted by Crippen LogP contribution is 2.32. The van der Waals surface area contributed by atoms with Crippen molar-refractivity contribution in [3.63, 3.8) is 0 Å². The number of anilines is 1. The summed E-state index contributed by atoms with van der Waals surface area (Å²) in [6.45, 7) is 1.82. The summed E-state index contributed by atoms with van der Waals surface area (Å²) >= 11 is 5.77. The number of rotatable bonds is 2. The number of halogens is 4. The van der Waals surface area contributed by atoms with Gasteiger partial charge < -0.3 is 9.72 Å². The lowest BCUT2D eigenvalue weighted by atomic mass is 10.2. The maximum atomic E-state index is 12.6. The van der Waals surface area contributed by atoms with E-state index >= 15 is 0 Å². The standard InChI is InChI=1S/C15H10ClF3N4O/c1-8-7-23-3-2-9(4-12(23)21-8)14(24)22-13-11(16)5-10(6-20-13)15(17,18)19/h2-7H,1H3,(H,20,22,24). The van der Waals surface area contributed by atoms with Gasteiger partial charge in [0, 0.05) is 24.2 Å². The number of nitrogens with zero attached hydrogens (tertiary/aromatic N) is 3. The second-order valence-electron chi connectivity index (χ2n) is 5.07. The van der Waals surface area contributed by atoms with Gasteiger partial charge in [0.25, 0.3) is 5.91 Å². The lowest BCUT2D eigenvalue weighted by molar-refractivity contribution is -0.137. The molecular formula is C15H10ClF3N4O. The molecule has 3 rings (SSSR count). The predicted molar refractivity (Wildman–Crippen MR) is 82.1 cm³/mol. The number of hydrogen-bond acceptors (Lipinski definition) is 3. The normalized spacial score (nSPS) is 11.7. The van der Waals surface area contributed by atoms with Crippen molar-refractivity contribution < 1.29 is 18.0 Å². The van der Waals surface area contributed by atoms with Crippen molar-refractivity contribution in [1.29, 1.82) is 0 Å². The quantitative estimate of drug-likeness (QED) is 0.757. The second-order valence-corrected chi connectivity index (χ2v) is 5.48. The summed E-state index contributed by atoms with van der Waals surface area (Å²) in [5, 5.41) is 2.09. The van der Waals surface area contributed by atoms with Crippen molar-refractivity contribution in [2.75, 3.05) is 5.32 Å². The maximum absolute atomic E-state index is 12.6. The molecule has 3 aromatic rings. The number of aryl methyl sites for hydroxylation is 1. The molecule has 0 saturated carbocycles. The van der Waals surface area contributed by atoms with Crippen molar-refractivity contribution in [3.8, 4) is 0 Å². The van der Waals surface area contributed by atoms with Crippen LogP contribution in [0.1, 0.15) is 21.6 Å². The number of aromatic nitrogens is 3. The first-order chi connectivity index (χ1) is 11.2. The molecule has 9 heteroatoms. The first-order valence-electron chi connectivity index (χ1n) is 6.73. The highest BCUT2D eigenvalue weighted by molar-refractivity contribution is 6.33. The van der Waals surface area contributed by atoms with Gasteiger partial charge in [-0.05, 0) is 25.1 Å². The Kier molecular flexibility index (Phi) is 3.92. The van der Waals surface area contributed by atoms with Crippen LogP contribution in [0, 0.1) is 6.92 Å². The van der Waals surface area contributed by atoms with Gasteiger partial charge in [-0.2, -0.15) is 13.2 Å². The minimum atomic E-state index is -4.55. The van der Waals surface area contributed by atoms with E-state index in [2.05, 4.69) is 15.3 Å². The number of hydrogen-bond donors (Lipinski definition) is 1. The molecule has 0 fully saturated rings. The van der Waals surface area contributed by atoms with Gasteiger partial charge in [-0.1, -0.05) is 11.6 Å². The van der Waals surface area contributed by atoms with Crippen LogP contribution in [0.3, 0.4) is 0 Å². The fourth-order valence-corrected chi connectivity index (χ4v) is 2.33. The average Bonchev–Trinajstić information content (AvgIpc) is 2.87. The number of imidazole rings is 1. The smallest absolute Gasteiger partial charge is 0.307 e. The van der Waals surface area contributed by atoms with Crippen LogP contribution in [-0.4, -0.2) is 20.3 Å². The minimum absolute atomic E-state index is 0.144. The van der Waals surface area contributed by atoms with Crippen LogP contribution in [-0.2, 0) is 6.18 Å². The van der Waals surface area contributed by atoms with Crippen LogP contribution in [0.2, 0.25) is 5.02 Å². The average molecular weight is 355 g/mol. The molecule has 0 aromatic carbocycles. The number of carbonyl (C=O) groups excluding carboxylic acids is 1. The zero-order chi connectivity index (χ0) is 17.5. The van der Waals surface area contributed by atoms with Gasteiger partial charge in [0.1, 0.15) is 5.65 Å². The molecule has 0 aliphatic rings. The molecule has 1 amide bonds. The van der Waals surface area contributed by atoms with Gasteiger partial charge in [0.2, 0.25) is 0 Å². The fourth-order valence-electron chi connectivity index (χ4n) is 2.11. The Morgan fingerprint density at radius 3 is 2.75 bits per heavy atom. The molecule has 24 heavy (non-hydrogen) atoms. The SMILES string of the molecule is Cc1cn2ccc(C(=O)Nc3ncc(C(F)(F)F)cc3Cl)cc2n1. The Morgan fingerprint density at radius 2 is 2.08 bits per heavy atom. The van der Waals surface area contributed by atoms with Crippen molar-refractivity contribution in [2.24, 2.45) is 0 Å². The molecule has 5 nitrogen and oxygen atoms in total. The molecule has 0 saturated heterocycles. The zero-order valence-corrected chi connectivity index (χ0v) is 13.0. The van der Waals surface area contributed by atoms with Gasteiger partial charge >= 0.3 is 6.18 Å². The van der Waals surface area contributed by atoms with Crippen LogP contribution in [0.15, 0.2) is 36.8 Å². The van der Waals surface area contributed by atoms with Crippen LogP contribution >= 0.6 is 11.6 Å². The van der Waals surface area contributed by atoms with E-state index in [0.717, 1.165) is 5.69 Å². The topological polar surface area (TPSA) is 59.3 Å². The van der Waals surface area contributed by atoms with Gasteiger partial charge in [-0.15, -0.1) is 0 Å². The van der Waals surface area contributed by atoms with E-state index in [9.17, 15) is 18.0 Å². The molecule has 0 unspecified atom stereocenters. The predicted octanol–water partition coefficient (Wildman–Crippen LogP) is 3.96. The fraction of sp³-hybridized carbons (Fsp3) is 0.133. The van der Waals surface area contributed by atoms with Crippen LogP contribution < -0.4 is 5.32 Å². The van der Waals surface area contributed by atoms with Crippen molar-refractivity contribution >= 4 is 29.0 Å². The van der Waals surface area contributed by atoms with Crippen LogP contribution in [0.5, 0.6) is 0 Å². The van der Waals surface area contributed by atoms with Crippen LogP contribution in [0.4, 0.5) is 19.0 Å². The van der Waals surface area contributed by atoms with E-state index in [1.165, 1.54) is 0 Å². The van der Waals surface area contributed by atoms with Crippen molar-refractivity contribution in [2.45, 2.75) is 13.1 Å². The molecular weight excluding hydrogens is 345 g/mol. The molecule has 0 aliphatic carbocycles. The molecule has 0 aliphatic heterocycles. The Labute approximate surface area is 139 Å². The minimum Gasteiger partial charge on any atom is -0.307 e. The van der Waals surface area contributed by atoms with E-state index in [-0.39, 0.29) is 16.4 Å². The van der Waals surface area contributed by atoms with E-state index in [0.29, 0.717) is 17.9 Å². The molecule has 0 spiro atoms. The summed E-state index contributed by atoms with van der Waals surface area (Å²) in [5.74, 6) is -0.693. The third-order valence-electron chi connectivity index (χ3n) is 3.24. The first kappa shape index (κ1) is 16.3. The number of pyridine rings is 2. The third kappa shape index (κ3) is 3.18. The van der Waals surface area contributed by atoms with Crippen molar-refractivity contribution in [3.05, 3.63) is 58.6 Å². The third-order valence-corrected chi connectivity index (χ3v) is 3.53. The van der Waals surface area contributed by atoms with Crippen LogP contribution in [0.25, 0.3) is 5.65 Å². The van der Waals surface area contributed by atoms with E-state index in [1.807, 2.05) is 6.92 Å². The Balaban J connectivity index is 1.85. The van der Waals surface area contributed by atoms with Gasteiger partial charge in [-0.3, -0.25) is 4.79 Å². The van der Waals surface area contributed by atoms with E-state index < -0.39 is 17.6 Å². The van der Waals surface area contributed by atoms with Gasteiger partial charge in [-0.25, -0.2) is 9.97 Å².